The molecule has 0 N–H and O–H groups in total. The van der Waals surface area contributed by atoms with Crippen LogP contribution in [-0.4, -0.2) is 50.8 Å². The molecule has 0 aliphatic carbocycles. The Labute approximate surface area is 118 Å². The second-order valence-corrected chi connectivity index (χ2v) is 2.72. The third kappa shape index (κ3) is 6.04. The standard InChI is InChI=1S/C8H17N2O.K/c1-2-9-3-4-10-5-7-11-8-6-10;/h2-8H2,1H3;/q-1;+1. The zero-order valence-corrected chi connectivity index (χ0v) is 11.4. The molecule has 1 aliphatic heterocycles. The van der Waals surface area contributed by atoms with Crippen LogP contribution in [0.15, 0.2) is 0 Å². The van der Waals surface area contributed by atoms with Crippen molar-refractivity contribution in [1.82, 2.24) is 4.90 Å². The van der Waals surface area contributed by atoms with Crippen molar-refractivity contribution in [1.29, 1.82) is 0 Å². The van der Waals surface area contributed by atoms with Gasteiger partial charge in [0.05, 0.1) is 13.2 Å². The van der Waals surface area contributed by atoms with E-state index in [4.69, 9.17) is 4.74 Å². The first-order valence-electron chi connectivity index (χ1n) is 4.37. The molecule has 0 saturated carbocycles. The van der Waals surface area contributed by atoms with Crippen LogP contribution in [0, 0.1) is 0 Å². The molecule has 0 radical (unpaired) electrons. The summed E-state index contributed by atoms with van der Waals surface area (Å²) in [5.74, 6) is 0. The molecule has 1 aliphatic rings. The molecule has 0 aromatic carbocycles. The molecular weight excluding hydrogens is 179 g/mol. The van der Waals surface area contributed by atoms with Gasteiger partial charge in [-0.2, -0.15) is 6.54 Å². The fourth-order valence-corrected chi connectivity index (χ4v) is 1.20. The van der Waals surface area contributed by atoms with Gasteiger partial charge in [0, 0.05) is 13.1 Å². The number of morpholine rings is 1. The van der Waals surface area contributed by atoms with Crippen molar-refractivity contribution in [3.8, 4) is 0 Å². The minimum atomic E-state index is 0. The number of likely N-dealkylation sites (N-methyl/N-ethyl adjacent to an activating group) is 1. The van der Waals surface area contributed by atoms with E-state index in [1.165, 1.54) is 0 Å². The maximum absolute atomic E-state index is 5.23. The van der Waals surface area contributed by atoms with Crippen LogP contribution in [0.25, 0.3) is 5.32 Å². The molecule has 0 aromatic heterocycles. The Morgan fingerprint density at radius 2 is 2.00 bits per heavy atom. The summed E-state index contributed by atoms with van der Waals surface area (Å²) in [5, 5.41) is 4.28. The van der Waals surface area contributed by atoms with E-state index in [0.29, 0.717) is 0 Å². The molecule has 4 heteroatoms. The smallest absolute Gasteiger partial charge is 0.661 e. The first-order valence-corrected chi connectivity index (χ1v) is 4.37. The summed E-state index contributed by atoms with van der Waals surface area (Å²) >= 11 is 0. The molecule has 1 rings (SSSR count). The first-order chi connectivity index (χ1) is 5.43. The molecule has 0 amide bonds. The molecule has 0 unspecified atom stereocenters. The largest absolute Gasteiger partial charge is 1.00 e. The molecule has 1 fully saturated rings. The predicted molar refractivity (Wildman–Crippen MR) is 46.0 cm³/mol. The molecule has 0 spiro atoms. The molecule has 66 valence electrons. The van der Waals surface area contributed by atoms with E-state index < -0.39 is 0 Å². The Kier molecular flexibility index (Phi) is 10.2. The topological polar surface area (TPSA) is 26.6 Å². The van der Waals surface area contributed by atoms with Crippen molar-refractivity contribution in [2.75, 3.05) is 45.9 Å². The van der Waals surface area contributed by atoms with Crippen LogP contribution in [0.2, 0.25) is 0 Å². The fourth-order valence-electron chi connectivity index (χ4n) is 1.20. The summed E-state index contributed by atoms with van der Waals surface area (Å²) in [6.45, 7) is 9.08. The van der Waals surface area contributed by atoms with Gasteiger partial charge in [0.1, 0.15) is 0 Å². The Bertz CT molecular complexity index is 97.1. The Hall–Kier alpha value is 1.52. The van der Waals surface area contributed by atoms with Crippen LogP contribution in [0.3, 0.4) is 0 Å². The number of rotatable bonds is 4. The molecule has 0 atom stereocenters. The molecule has 0 aromatic rings. The van der Waals surface area contributed by atoms with Crippen molar-refractivity contribution in [2.24, 2.45) is 0 Å². The van der Waals surface area contributed by atoms with Gasteiger partial charge in [-0.25, -0.2) is 0 Å². The van der Waals surface area contributed by atoms with Gasteiger partial charge in [0.2, 0.25) is 0 Å². The maximum Gasteiger partial charge on any atom is 1.00 e. The third-order valence-electron chi connectivity index (χ3n) is 1.90. The van der Waals surface area contributed by atoms with Gasteiger partial charge in [0.25, 0.3) is 0 Å². The van der Waals surface area contributed by atoms with Gasteiger partial charge in [-0.1, -0.05) is 6.92 Å². The molecule has 3 nitrogen and oxygen atoms in total. The first kappa shape index (κ1) is 13.5. The minimum Gasteiger partial charge on any atom is -0.661 e. The fraction of sp³-hybridized carbons (Fsp3) is 1.00. The van der Waals surface area contributed by atoms with E-state index in [9.17, 15) is 0 Å². The number of ether oxygens (including phenoxy) is 1. The monoisotopic (exact) mass is 196 g/mol. The van der Waals surface area contributed by atoms with Crippen molar-refractivity contribution in [2.45, 2.75) is 6.92 Å². The number of nitrogens with zero attached hydrogens (tertiary/aromatic N) is 2. The summed E-state index contributed by atoms with van der Waals surface area (Å²) in [5.41, 5.74) is 0. The number of hydrogen-bond acceptors (Lipinski definition) is 2. The van der Waals surface area contributed by atoms with E-state index in [2.05, 4.69) is 17.1 Å². The Balaban J connectivity index is 0.00000121. The van der Waals surface area contributed by atoms with Gasteiger partial charge in [-0.3, -0.25) is 0 Å². The van der Waals surface area contributed by atoms with Crippen LogP contribution in [0.4, 0.5) is 0 Å². The second kappa shape index (κ2) is 9.09. The number of hydrogen-bond donors (Lipinski definition) is 0. The molecular formula is C8H17KN2O. The van der Waals surface area contributed by atoms with E-state index in [-0.39, 0.29) is 51.4 Å². The average molecular weight is 196 g/mol. The third-order valence-corrected chi connectivity index (χ3v) is 1.90. The minimum absolute atomic E-state index is 0. The van der Waals surface area contributed by atoms with Crippen molar-refractivity contribution >= 4 is 0 Å². The maximum atomic E-state index is 5.23. The normalized spacial score (nSPS) is 18.8. The van der Waals surface area contributed by atoms with Gasteiger partial charge < -0.3 is 15.0 Å². The van der Waals surface area contributed by atoms with Crippen LogP contribution in [0.1, 0.15) is 6.92 Å². The van der Waals surface area contributed by atoms with Gasteiger partial charge in [-0.05, 0) is 6.54 Å². The van der Waals surface area contributed by atoms with Gasteiger partial charge in [-0.15, -0.1) is 6.54 Å². The second-order valence-electron chi connectivity index (χ2n) is 2.72. The zero-order chi connectivity index (χ0) is 7.94. The van der Waals surface area contributed by atoms with Crippen molar-refractivity contribution < 1.29 is 56.1 Å². The SMILES string of the molecule is CC[N-]CCN1CCOCC1.[K+]. The van der Waals surface area contributed by atoms with Crippen LogP contribution < -0.4 is 51.4 Å². The van der Waals surface area contributed by atoms with Crippen LogP contribution >= 0.6 is 0 Å². The predicted octanol–water partition coefficient (Wildman–Crippen LogP) is -2.28. The summed E-state index contributed by atoms with van der Waals surface area (Å²) in [4.78, 5) is 2.41. The average Bonchev–Trinajstić information content (AvgIpc) is 2.07. The van der Waals surface area contributed by atoms with E-state index in [1.54, 1.807) is 0 Å². The zero-order valence-electron chi connectivity index (χ0n) is 8.25. The summed E-state index contributed by atoms with van der Waals surface area (Å²) in [6.07, 6.45) is 0. The quantitative estimate of drug-likeness (QED) is 0.374. The Morgan fingerprint density at radius 1 is 1.33 bits per heavy atom. The summed E-state index contributed by atoms with van der Waals surface area (Å²) < 4.78 is 5.23. The molecule has 1 saturated heterocycles. The van der Waals surface area contributed by atoms with E-state index in [0.717, 1.165) is 45.9 Å². The van der Waals surface area contributed by atoms with Crippen molar-refractivity contribution in [3.63, 3.8) is 0 Å². The van der Waals surface area contributed by atoms with Gasteiger partial charge >= 0.3 is 51.4 Å². The van der Waals surface area contributed by atoms with Crippen molar-refractivity contribution in [3.05, 3.63) is 5.32 Å². The van der Waals surface area contributed by atoms with Gasteiger partial charge in [0.15, 0.2) is 0 Å². The van der Waals surface area contributed by atoms with E-state index >= 15 is 0 Å². The summed E-state index contributed by atoms with van der Waals surface area (Å²) in [7, 11) is 0. The van der Waals surface area contributed by atoms with E-state index in [1.807, 2.05) is 0 Å². The van der Waals surface area contributed by atoms with Crippen LogP contribution in [0.5, 0.6) is 0 Å². The molecule has 1 heterocycles. The summed E-state index contributed by atoms with van der Waals surface area (Å²) in [6, 6.07) is 0. The molecule has 0 bridgehead atoms. The Morgan fingerprint density at radius 3 is 2.58 bits per heavy atom. The van der Waals surface area contributed by atoms with Crippen LogP contribution in [-0.2, 0) is 4.74 Å². The molecule has 12 heavy (non-hydrogen) atoms.